The minimum absolute atomic E-state index is 0.174. The van der Waals surface area contributed by atoms with Crippen molar-refractivity contribution in [2.24, 2.45) is 0 Å². The number of alkyl halides is 1. The number of halogens is 1. The lowest BCUT2D eigenvalue weighted by atomic mass is 10.3. The first-order chi connectivity index (χ1) is 3.81. The van der Waals surface area contributed by atoms with Gasteiger partial charge in [-0.25, -0.2) is 0 Å². The maximum absolute atomic E-state index is 9.63. The van der Waals surface area contributed by atoms with Crippen molar-refractivity contribution in [3.63, 3.8) is 0 Å². The van der Waals surface area contributed by atoms with Crippen molar-refractivity contribution in [1.82, 2.24) is 0 Å². The van der Waals surface area contributed by atoms with Crippen LogP contribution < -0.4 is 0 Å². The minimum Gasteiger partial charge on any atom is -0.289 e. The van der Waals surface area contributed by atoms with Crippen LogP contribution in [0, 0.1) is 11.8 Å². The molecule has 1 unspecified atom stereocenters. The fraction of sp³-hybridized carbons (Fsp3) is 0.500. The van der Waals surface area contributed by atoms with E-state index in [2.05, 4.69) is 27.8 Å². The van der Waals surface area contributed by atoms with Crippen molar-refractivity contribution in [2.75, 3.05) is 0 Å². The predicted octanol–water partition coefficient (Wildman–Crippen LogP) is 1.36. The van der Waals surface area contributed by atoms with E-state index in [0.717, 1.165) is 6.42 Å². The summed E-state index contributed by atoms with van der Waals surface area (Å²) in [7, 11) is 0. The van der Waals surface area contributed by atoms with Crippen LogP contribution in [0.25, 0.3) is 0 Å². The van der Waals surface area contributed by atoms with Crippen molar-refractivity contribution < 1.29 is 4.79 Å². The molecule has 2 heteroatoms. The predicted molar refractivity (Wildman–Crippen MR) is 36.8 cm³/mol. The second kappa shape index (κ2) is 4.86. The molecule has 0 spiro atoms. The summed E-state index contributed by atoms with van der Waals surface area (Å²) in [6.45, 7) is 2.00. The third-order valence-corrected chi connectivity index (χ3v) is 1.53. The second-order valence-corrected chi connectivity index (χ2v) is 2.39. The Kier molecular flexibility index (Phi) is 4.68. The largest absolute Gasteiger partial charge is 0.289 e. The van der Waals surface area contributed by atoms with Gasteiger partial charge in [0.1, 0.15) is 0 Å². The highest BCUT2D eigenvalue weighted by Crippen LogP contribution is 2.00. The average molecular weight is 175 g/mol. The van der Waals surface area contributed by atoms with E-state index in [1.807, 2.05) is 6.92 Å². The van der Waals surface area contributed by atoms with Crippen molar-refractivity contribution in [3.05, 3.63) is 0 Å². The van der Waals surface area contributed by atoms with Crippen LogP contribution in [0.1, 0.15) is 13.3 Å². The smallest absolute Gasteiger partial charge is 0.192 e. The maximum atomic E-state index is 9.63. The number of hydrogen-bond donors (Lipinski definition) is 0. The summed E-state index contributed by atoms with van der Waals surface area (Å²) in [4.78, 5) is 9.80. The fourth-order valence-electron chi connectivity index (χ4n) is 0.227. The van der Waals surface area contributed by atoms with Crippen molar-refractivity contribution in [3.8, 4) is 11.8 Å². The van der Waals surface area contributed by atoms with E-state index in [0.29, 0.717) is 6.29 Å². The summed E-state index contributed by atoms with van der Waals surface area (Å²) in [5.74, 6) is 5.00. The summed E-state index contributed by atoms with van der Waals surface area (Å²) >= 11 is 3.25. The Labute approximate surface area is 57.6 Å². The summed E-state index contributed by atoms with van der Waals surface area (Å²) in [5, 5.41) is 0. The second-order valence-electron chi connectivity index (χ2n) is 1.28. The zero-order valence-electron chi connectivity index (χ0n) is 4.65. The normalized spacial score (nSPS) is 11.2. The van der Waals surface area contributed by atoms with Gasteiger partial charge in [-0.1, -0.05) is 28.8 Å². The van der Waals surface area contributed by atoms with E-state index >= 15 is 0 Å². The highest BCUT2D eigenvalue weighted by molar-refractivity contribution is 9.09. The summed E-state index contributed by atoms with van der Waals surface area (Å²) in [6.07, 6.45) is 1.53. The van der Waals surface area contributed by atoms with Gasteiger partial charge in [0.2, 0.25) is 0 Å². The number of carbonyl (C=O) groups excluding carboxylic acids is 1. The van der Waals surface area contributed by atoms with E-state index in [1.54, 1.807) is 0 Å². The van der Waals surface area contributed by atoms with E-state index in [1.165, 1.54) is 0 Å². The molecule has 0 aromatic heterocycles. The van der Waals surface area contributed by atoms with Gasteiger partial charge >= 0.3 is 0 Å². The van der Waals surface area contributed by atoms with Crippen LogP contribution in [0.3, 0.4) is 0 Å². The molecule has 0 aromatic carbocycles. The molecule has 0 aliphatic rings. The van der Waals surface area contributed by atoms with Crippen LogP contribution in [0.2, 0.25) is 0 Å². The molecule has 1 nitrogen and oxygen atoms in total. The van der Waals surface area contributed by atoms with Gasteiger partial charge in [0.05, 0.1) is 4.83 Å². The van der Waals surface area contributed by atoms with E-state index in [-0.39, 0.29) is 4.83 Å². The Balaban J connectivity index is 3.50. The Morgan fingerprint density at radius 3 is 2.88 bits per heavy atom. The highest BCUT2D eigenvalue weighted by Gasteiger charge is 1.89. The number of aldehydes is 1. The van der Waals surface area contributed by atoms with Crippen LogP contribution in [0.4, 0.5) is 0 Å². The molecule has 0 saturated carbocycles. The zero-order chi connectivity index (χ0) is 6.41. The van der Waals surface area contributed by atoms with Gasteiger partial charge in [0.15, 0.2) is 6.29 Å². The molecule has 0 radical (unpaired) electrons. The molecule has 0 aromatic rings. The molecule has 0 saturated heterocycles. The Morgan fingerprint density at radius 2 is 2.50 bits per heavy atom. The topological polar surface area (TPSA) is 17.1 Å². The van der Waals surface area contributed by atoms with Crippen LogP contribution in [-0.2, 0) is 4.79 Å². The first-order valence-electron chi connectivity index (χ1n) is 2.40. The first kappa shape index (κ1) is 7.71. The van der Waals surface area contributed by atoms with Crippen molar-refractivity contribution in [2.45, 2.75) is 18.2 Å². The highest BCUT2D eigenvalue weighted by atomic mass is 79.9. The fourth-order valence-corrected chi connectivity index (χ4v) is 0.359. The average Bonchev–Trinajstić information content (AvgIpc) is 1.83. The van der Waals surface area contributed by atoms with Gasteiger partial charge in [0.25, 0.3) is 0 Å². The maximum Gasteiger partial charge on any atom is 0.192 e. The van der Waals surface area contributed by atoms with E-state index < -0.39 is 0 Å². The van der Waals surface area contributed by atoms with Crippen molar-refractivity contribution >= 4 is 22.2 Å². The molecule has 0 heterocycles. The van der Waals surface area contributed by atoms with Gasteiger partial charge in [-0.05, 0) is 12.3 Å². The molecule has 0 amide bonds. The lowest BCUT2D eigenvalue weighted by molar-refractivity contribution is -0.103. The molecule has 0 N–H and O–H groups in total. The molecule has 0 aliphatic carbocycles. The molecular formula is C6H7BrO. The molecular weight excluding hydrogens is 168 g/mol. The van der Waals surface area contributed by atoms with Crippen LogP contribution in [0.15, 0.2) is 0 Å². The Bertz CT molecular complexity index is 120. The first-order valence-corrected chi connectivity index (χ1v) is 3.31. The molecule has 0 bridgehead atoms. The number of rotatable bonds is 1. The quantitative estimate of drug-likeness (QED) is 0.334. The molecule has 0 aliphatic heterocycles. The van der Waals surface area contributed by atoms with Crippen molar-refractivity contribution in [1.29, 1.82) is 0 Å². The molecule has 0 fully saturated rings. The van der Waals surface area contributed by atoms with E-state index in [9.17, 15) is 4.79 Å². The van der Waals surface area contributed by atoms with Gasteiger partial charge in [-0.3, -0.25) is 4.79 Å². The zero-order valence-corrected chi connectivity index (χ0v) is 6.23. The number of hydrogen-bond acceptors (Lipinski definition) is 1. The molecule has 1 atom stereocenters. The monoisotopic (exact) mass is 174 g/mol. The molecule has 44 valence electrons. The van der Waals surface area contributed by atoms with Crippen LogP contribution >= 0.6 is 15.9 Å². The molecule has 0 rings (SSSR count). The van der Waals surface area contributed by atoms with Crippen LogP contribution in [0.5, 0.6) is 0 Å². The summed E-state index contributed by atoms with van der Waals surface area (Å²) in [6, 6.07) is 0. The van der Waals surface area contributed by atoms with Gasteiger partial charge in [0, 0.05) is 0 Å². The lowest BCUT2D eigenvalue weighted by Crippen LogP contribution is -1.87. The third-order valence-electron chi connectivity index (χ3n) is 0.657. The van der Waals surface area contributed by atoms with Gasteiger partial charge in [-0.15, -0.1) is 0 Å². The molecule has 8 heavy (non-hydrogen) atoms. The third kappa shape index (κ3) is 3.89. The standard InChI is InChI=1S/C6H7BrO/c1-2-6(7)4-3-5-8/h5-6H,2H2,1H3. The Hall–Kier alpha value is -0.290. The van der Waals surface area contributed by atoms with Gasteiger partial charge < -0.3 is 0 Å². The summed E-state index contributed by atoms with van der Waals surface area (Å²) < 4.78 is 0. The van der Waals surface area contributed by atoms with Crippen LogP contribution in [-0.4, -0.2) is 11.1 Å². The van der Waals surface area contributed by atoms with E-state index in [4.69, 9.17) is 0 Å². The Morgan fingerprint density at radius 1 is 1.88 bits per heavy atom. The van der Waals surface area contributed by atoms with Gasteiger partial charge in [-0.2, -0.15) is 0 Å². The minimum atomic E-state index is 0.174. The SMILES string of the molecule is CCC(Br)C#CC=O. The lowest BCUT2D eigenvalue weighted by Gasteiger charge is -1.89. The number of carbonyl (C=O) groups is 1. The summed E-state index contributed by atoms with van der Waals surface area (Å²) in [5.41, 5.74) is 0.